The minimum Gasteiger partial charge on any atom is -0.480 e. The van der Waals surface area contributed by atoms with Crippen LogP contribution in [0.3, 0.4) is 0 Å². The zero-order valence-corrected chi connectivity index (χ0v) is 11.3. The van der Waals surface area contributed by atoms with Gasteiger partial charge in [0, 0.05) is 19.5 Å². The summed E-state index contributed by atoms with van der Waals surface area (Å²) in [5.41, 5.74) is 7.14. The summed E-state index contributed by atoms with van der Waals surface area (Å²) in [5.74, 6) is 0.919. The number of carbonyl (C=O) groups excluding carboxylic acids is 1. The molecule has 0 aromatic heterocycles. The molecular weight excluding hydrogens is 240 g/mol. The molecule has 2 aliphatic heterocycles. The summed E-state index contributed by atoms with van der Waals surface area (Å²) < 4.78 is 5.72. The van der Waals surface area contributed by atoms with E-state index in [1.807, 2.05) is 29.2 Å². The Labute approximate surface area is 113 Å². The molecule has 19 heavy (non-hydrogen) atoms. The molecule has 1 atom stereocenters. The number of carbonyl (C=O) groups is 1. The Bertz CT molecular complexity index is 470. The van der Waals surface area contributed by atoms with Crippen LogP contribution in [0, 0.1) is 0 Å². The van der Waals surface area contributed by atoms with E-state index in [2.05, 4.69) is 6.92 Å². The van der Waals surface area contributed by atoms with Crippen LogP contribution in [-0.4, -0.2) is 35.5 Å². The zero-order chi connectivity index (χ0) is 13.5. The van der Waals surface area contributed by atoms with Crippen molar-refractivity contribution in [2.75, 3.05) is 13.1 Å². The van der Waals surface area contributed by atoms with E-state index < -0.39 is 0 Å². The largest absolute Gasteiger partial charge is 0.480 e. The Balaban J connectivity index is 1.60. The van der Waals surface area contributed by atoms with E-state index in [4.69, 9.17) is 10.5 Å². The Morgan fingerprint density at radius 3 is 2.89 bits per heavy atom. The van der Waals surface area contributed by atoms with Crippen LogP contribution >= 0.6 is 0 Å². The number of rotatable bonds is 3. The van der Waals surface area contributed by atoms with Crippen LogP contribution in [0.25, 0.3) is 0 Å². The maximum absolute atomic E-state index is 12.3. The topological polar surface area (TPSA) is 55.6 Å². The minimum atomic E-state index is -0.358. The number of benzene rings is 1. The lowest BCUT2D eigenvalue weighted by molar-refractivity contribution is -0.145. The number of hydrogen-bond acceptors (Lipinski definition) is 3. The number of nitrogens with two attached hydrogens (primary N) is 1. The average molecular weight is 260 g/mol. The molecule has 102 valence electrons. The van der Waals surface area contributed by atoms with Crippen molar-refractivity contribution in [3.05, 3.63) is 29.8 Å². The van der Waals surface area contributed by atoms with Crippen molar-refractivity contribution in [1.29, 1.82) is 0 Å². The molecule has 2 N–H and O–H groups in total. The molecule has 0 bridgehead atoms. The van der Waals surface area contributed by atoms with Crippen molar-refractivity contribution >= 4 is 5.91 Å². The fourth-order valence-electron chi connectivity index (χ4n) is 3.05. The van der Waals surface area contributed by atoms with E-state index in [0.717, 1.165) is 24.2 Å². The van der Waals surface area contributed by atoms with Gasteiger partial charge in [0.1, 0.15) is 5.75 Å². The highest BCUT2D eigenvalue weighted by molar-refractivity contribution is 5.83. The van der Waals surface area contributed by atoms with Gasteiger partial charge in [-0.1, -0.05) is 31.5 Å². The van der Waals surface area contributed by atoms with Crippen molar-refractivity contribution in [2.24, 2.45) is 5.73 Å². The van der Waals surface area contributed by atoms with Gasteiger partial charge in [-0.3, -0.25) is 4.79 Å². The predicted molar refractivity (Wildman–Crippen MR) is 73.0 cm³/mol. The van der Waals surface area contributed by atoms with Crippen molar-refractivity contribution in [2.45, 2.75) is 37.8 Å². The number of amides is 1. The SMILES string of the molecule is CCCC1(N)CN(C(=O)C2Cc3ccccc3O2)C1. The molecule has 0 spiro atoms. The van der Waals surface area contributed by atoms with Crippen LogP contribution in [0.1, 0.15) is 25.3 Å². The van der Waals surface area contributed by atoms with Gasteiger partial charge in [0.15, 0.2) is 6.10 Å². The maximum Gasteiger partial charge on any atom is 0.264 e. The summed E-state index contributed by atoms with van der Waals surface area (Å²) in [5, 5.41) is 0. The first-order valence-electron chi connectivity index (χ1n) is 6.93. The van der Waals surface area contributed by atoms with Crippen LogP contribution in [-0.2, 0) is 11.2 Å². The Morgan fingerprint density at radius 1 is 1.47 bits per heavy atom. The number of likely N-dealkylation sites (tertiary alicyclic amines) is 1. The van der Waals surface area contributed by atoms with Gasteiger partial charge in [-0.25, -0.2) is 0 Å². The monoisotopic (exact) mass is 260 g/mol. The lowest BCUT2D eigenvalue weighted by Gasteiger charge is -2.48. The molecule has 1 aromatic rings. The second kappa shape index (κ2) is 4.53. The summed E-state index contributed by atoms with van der Waals surface area (Å²) in [6.07, 6.45) is 2.35. The molecule has 2 aliphatic rings. The molecule has 1 aromatic carbocycles. The van der Waals surface area contributed by atoms with Gasteiger partial charge in [-0.2, -0.15) is 0 Å². The summed E-state index contributed by atoms with van der Waals surface area (Å²) in [6, 6.07) is 7.85. The second-order valence-electron chi connectivity index (χ2n) is 5.73. The van der Waals surface area contributed by atoms with Gasteiger partial charge < -0.3 is 15.4 Å². The van der Waals surface area contributed by atoms with Gasteiger partial charge in [0.2, 0.25) is 0 Å². The van der Waals surface area contributed by atoms with Crippen molar-refractivity contribution in [3.63, 3.8) is 0 Å². The highest BCUT2D eigenvalue weighted by Gasteiger charge is 2.44. The third-order valence-electron chi connectivity index (χ3n) is 3.99. The molecule has 0 aliphatic carbocycles. The summed E-state index contributed by atoms with van der Waals surface area (Å²) in [4.78, 5) is 14.2. The molecule has 1 amide bonds. The lowest BCUT2D eigenvalue weighted by atomic mass is 9.86. The zero-order valence-electron chi connectivity index (χ0n) is 11.3. The Kier molecular flexibility index (Phi) is 2.97. The first kappa shape index (κ1) is 12.5. The van der Waals surface area contributed by atoms with E-state index in [9.17, 15) is 4.79 Å². The predicted octanol–water partition coefficient (Wildman–Crippen LogP) is 1.33. The molecule has 1 fully saturated rings. The molecule has 0 saturated carbocycles. The number of hydrogen-bond donors (Lipinski definition) is 1. The average Bonchev–Trinajstić information content (AvgIpc) is 2.79. The molecule has 3 rings (SSSR count). The fourth-order valence-corrected chi connectivity index (χ4v) is 3.05. The van der Waals surface area contributed by atoms with Crippen LogP contribution in [0.5, 0.6) is 5.75 Å². The van der Waals surface area contributed by atoms with Crippen LogP contribution in [0.4, 0.5) is 0 Å². The van der Waals surface area contributed by atoms with E-state index in [0.29, 0.717) is 19.5 Å². The molecule has 0 radical (unpaired) electrons. The van der Waals surface area contributed by atoms with Gasteiger partial charge in [-0.05, 0) is 18.1 Å². The van der Waals surface area contributed by atoms with E-state index in [-0.39, 0.29) is 17.6 Å². The number of nitrogens with zero attached hydrogens (tertiary/aromatic N) is 1. The fraction of sp³-hybridized carbons (Fsp3) is 0.533. The highest BCUT2D eigenvalue weighted by Crippen LogP contribution is 2.31. The first-order valence-corrected chi connectivity index (χ1v) is 6.93. The lowest BCUT2D eigenvalue weighted by Crippen LogP contribution is -2.69. The van der Waals surface area contributed by atoms with Gasteiger partial charge in [-0.15, -0.1) is 0 Å². The normalized spacial score (nSPS) is 23.5. The van der Waals surface area contributed by atoms with Crippen LogP contribution < -0.4 is 10.5 Å². The smallest absolute Gasteiger partial charge is 0.264 e. The first-order chi connectivity index (χ1) is 9.11. The summed E-state index contributed by atoms with van der Waals surface area (Å²) in [6.45, 7) is 3.45. The highest BCUT2D eigenvalue weighted by atomic mass is 16.5. The molecule has 4 nitrogen and oxygen atoms in total. The molecule has 2 heterocycles. The number of ether oxygens (including phenoxy) is 1. The maximum atomic E-state index is 12.3. The molecular formula is C15H20N2O2. The van der Waals surface area contributed by atoms with E-state index in [1.165, 1.54) is 0 Å². The van der Waals surface area contributed by atoms with Gasteiger partial charge in [0.05, 0.1) is 5.54 Å². The van der Waals surface area contributed by atoms with E-state index >= 15 is 0 Å². The van der Waals surface area contributed by atoms with Crippen molar-refractivity contribution in [1.82, 2.24) is 4.90 Å². The molecule has 4 heteroatoms. The molecule has 1 saturated heterocycles. The minimum absolute atomic E-state index is 0.0772. The molecule has 1 unspecified atom stereocenters. The quantitative estimate of drug-likeness (QED) is 0.892. The standard InChI is InChI=1S/C15H20N2O2/c1-2-7-15(16)9-17(10-15)14(18)13-8-11-5-3-4-6-12(11)19-13/h3-6,13H,2,7-10,16H2,1H3. The third kappa shape index (κ3) is 2.21. The van der Waals surface area contributed by atoms with Crippen LogP contribution in [0.2, 0.25) is 0 Å². The van der Waals surface area contributed by atoms with Crippen LogP contribution in [0.15, 0.2) is 24.3 Å². The van der Waals surface area contributed by atoms with Gasteiger partial charge >= 0.3 is 0 Å². The number of fused-ring (bicyclic) bond motifs is 1. The Morgan fingerprint density at radius 2 is 2.21 bits per heavy atom. The summed E-state index contributed by atoms with van der Waals surface area (Å²) >= 11 is 0. The second-order valence-corrected chi connectivity index (χ2v) is 5.73. The van der Waals surface area contributed by atoms with E-state index in [1.54, 1.807) is 0 Å². The third-order valence-corrected chi connectivity index (χ3v) is 3.99. The summed E-state index contributed by atoms with van der Waals surface area (Å²) in [7, 11) is 0. The van der Waals surface area contributed by atoms with Gasteiger partial charge in [0.25, 0.3) is 5.91 Å². The van der Waals surface area contributed by atoms with Crippen molar-refractivity contribution in [3.8, 4) is 5.75 Å². The van der Waals surface area contributed by atoms with Crippen molar-refractivity contribution < 1.29 is 9.53 Å². The Hall–Kier alpha value is -1.55. The number of para-hydroxylation sites is 1.